The summed E-state index contributed by atoms with van der Waals surface area (Å²) < 4.78 is 5.54. The quantitative estimate of drug-likeness (QED) is 0.790. The molecule has 0 atom stereocenters. The van der Waals surface area contributed by atoms with Crippen LogP contribution in [0.5, 0.6) is 5.75 Å². The highest BCUT2D eigenvalue weighted by Gasteiger charge is 2.45. The Balaban J connectivity index is 0.00000261. The molecule has 2 aliphatic rings. The molecule has 0 spiro atoms. The van der Waals surface area contributed by atoms with Crippen LogP contribution < -0.4 is 10.1 Å². The number of carbonyl (C=O) groups excluding carboxylic acids is 1. The van der Waals surface area contributed by atoms with Crippen LogP contribution in [0.2, 0.25) is 0 Å². The van der Waals surface area contributed by atoms with E-state index in [0.29, 0.717) is 5.91 Å². The second-order valence-corrected chi connectivity index (χ2v) is 8.10. The Bertz CT molecular complexity index is 621. The molecule has 3 rings (SSSR count). The smallest absolute Gasteiger partial charge is 0.233 e. The van der Waals surface area contributed by atoms with E-state index in [-0.39, 0.29) is 17.8 Å². The Morgan fingerprint density at radius 2 is 1.93 bits per heavy atom. The van der Waals surface area contributed by atoms with Crippen molar-refractivity contribution in [2.24, 2.45) is 5.92 Å². The Morgan fingerprint density at radius 1 is 1.26 bits per heavy atom. The van der Waals surface area contributed by atoms with Crippen LogP contribution in [-0.2, 0) is 10.2 Å². The number of piperidine rings is 1. The summed E-state index contributed by atoms with van der Waals surface area (Å²) in [6, 6.07) is 6.37. The minimum absolute atomic E-state index is 0. The zero-order chi connectivity index (χ0) is 18.6. The van der Waals surface area contributed by atoms with Crippen molar-refractivity contribution in [2.45, 2.75) is 57.3 Å². The van der Waals surface area contributed by atoms with E-state index in [0.717, 1.165) is 81.0 Å². The fourth-order valence-electron chi connectivity index (χ4n) is 4.80. The van der Waals surface area contributed by atoms with Crippen molar-refractivity contribution >= 4 is 18.3 Å². The molecule has 1 saturated carbocycles. The van der Waals surface area contributed by atoms with E-state index in [4.69, 9.17) is 4.74 Å². The molecule has 1 amide bonds. The van der Waals surface area contributed by atoms with Crippen molar-refractivity contribution in [3.8, 4) is 5.75 Å². The fraction of sp³-hybridized carbons (Fsp3) is 0.682. The predicted molar refractivity (Wildman–Crippen MR) is 113 cm³/mol. The van der Waals surface area contributed by atoms with E-state index in [9.17, 15) is 4.79 Å². The number of carbonyl (C=O) groups is 1. The van der Waals surface area contributed by atoms with Crippen molar-refractivity contribution in [3.05, 3.63) is 29.3 Å². The van der Waals surface area contributed by atoms with Crippen molar-refractivity contribution in [1.82, 2.24) is 10.2 Å². The summed E-state index contributed by atoms with van der Waals surface area (Å²) in [5.41, 5.74) is 1.95. The Labute approximate surface area is 170 Å². The maximum Gasteiger partial charge on any atom is 0.233 e. The Hall–Kier alpha value is -1.26. The van der Waals surface area contributed by atoms with Gasteiger partial charge in [-0.15, -0.1) is 12.4 Å². The molecule has 0 bridgehead atoms. The van der Waals surface area contributed by atoms with E-state index in [2.05, 4.69) is 35.3 Å². The van der Waals surface area contributed by atoms with Crippen molar-refractivity contribution in [2.75, 3.05) is 33.8 Å². The first kappa shape index (κ1) is 22.0. The molecule has 1 N–H and O–H groups in total. The van der Waals surface area contributed by atoms with Gasteiger partial charge in [0.15, 0.2) is 0 Å². The van der Waals surface area contributed by atoms with E-state index >= 15 is 0 Å². The van der Waals surface area contributed by atoms with Gasteiger partial charge < -0.3 is 15.0 Å². The zero-order valence-electron chi connectivity index (χ0n) is 17.1. The summed E-state index contributed by atoms with van der Waals surface area (Å²) in [5, 5.41) is 3.24. The number of hydrogen-bond acceptors (Lipinski definition) is 3. The summed E-state index contributed by atoms with van der Waals surface area (Å²) in [4.78, 5) is 15.7. The van der Waals surface area contributed by atoms with Crippen LogP contribution in [0.3, 0.4) is 0 Å². The van der Waals surface area contributed by atoms with Crippen LogP contribution in [0.25, 0.3) is 0 Å². The first-order valence-electron chi connectivity index (χ1n) is 10.2. The van der Waals surface area contributed by atoms with Crippen LogP contribution in [0.4, 0.5) is 0 Å². The third kappa shape index (κ3) is 4.60. The standard InChI is InChI=1S/C22H34N2O2.ClH/c1-17-6-7-19(16-20(17)26-3)22(11-4-5-12-22)21(25)24-14-9-18(10-15-24)8-13-23-2;/h6-7,16,18,23H,4-5,8-15H2,1-3H3;1H. The van der Waals surface area contributed by atoms with Gasteiger partial charge in [0.05, 0.1) is 12.5 Å². The first-order chi connectivity index (χ1) is 12.6. The highest BCUT2D eigenvalue weighted by Crippen LogP contribution is 2.44. The summed E-state index contributed by atoms with van der Waals surface area (Å²) in [5.74, 6) is 2.01. The van der Waals surface area contributed by atoms with Gasteiger partial charge in [-0.05, 0) is 75.7 Å². The van der Waals surface area contributed by atoms with Crippen molar-refractivity contribution in [3.63, 3.8) is 0 Å². The lowest BCUT2D eigenvalue weighted by Crippen LogP contribution is -2.48. The van der Waals surface area contributed by atoms with E-state index in [1.807, 2.05) is 7.05 Å². The predicted octanol–water partition coefficient (Wildman–Crippen LogP) is 4.09. The zero-order valence-corrected chi connectivity index (χ0v) is 17.9. The van der Waals surface area contributed by atoms with Crippen molar-refractivity contribution < 1.29 is 9.53 Å². The minimum atomic E-state index is -0.335. The van der Waals surface area contributed by atoms with Gasteiger partial charge >= 0.3 is 0 Å². The molecule has 2 fully saturated rings. The van der Waals surface area contributed by atoms with Crippen LogP contribution in [-0.4, -0.2) is 44.6 Å². The number of rotatable bonds is 6. The van der Waals surface area contributed by atoms with E-state index in [1.54, 1.807) is 7.11 Å². The van der Waals surface area contributed by atoms with Gasteiger partial charge in [0.25, 0.3) is 0 Å². The van der Waals surface area contributed by atoms with Gasteiger partial charge in [0.2, 0.25) is 5.91 Å². The summed E-state index contributed by atoms with van der Waals surface area (Å²) >= 11 is 0. The number of halogens is 1. The molecule has 1 aliphatic heterocycles. The van der Waals surface area contributed by atoms with E-state index < -0.39 is 0 Å². The minimum Gasteiger partial charge on any atom is -0.496 e. The van der Waals surface area contributed by atoms with Crippen molar-refractivity contribution in [1.29, 1.82) is 0 Å². The third-order valence-corrected chi connectivity index (χ3v) is 6.53. The normalized spacial score (nSPS) is 19.6. The molecule has 0 radical (unpaired) electrons. The maximum absolute atomic E-state index is 13.6. The molecule has 5 heteroatoms. The molecule has 27 heavy (non-hydrogen) atoms. The maximum atomic E-state index is 13.6. The Kier molecular flexibility index (Phi) is 7.99. The largest absolute Gasteiger partial charge is 0.496 e. The molecule has 4 nitrogen and oxygen atoms in total. The van der Waals surface area contributed by atoms with Gasteiger partial charge in [-0.2, -0.15) is 0 Å². The molecule has 152 valence electrons. The van der Waals surface area contributed by atoms with Gasteiger partial charge in [-0.3, -0.25) is 4.79 Å². The van der Waals surface area contributed by atoms with Gasteiger partial charge in [-0.25, -0.2) is 0 Å². The SMILES string of the molecule is CNCCC1CCN(C(=O)C2(c3ccc(C)c(OC)c3)CCCC2)CC1.Cl. The number of hydrogen-bond donors (Lipinski definition) is 1. The summed E-state index contributed by atoms with van der Waals surface area (Å²) in [7, 11) is 3.73. The number of nitrogens with zero attached hydrogens (tertiary/aromatic N) is 1. The molecule has 1 aromatic rings. The highest BCUT2D eigenvalue weighted by atomic mass is 35.5. The molecular weight excluding hydrogens is 360 g/mol. The van der Waals surface area contributed by atoms with Crippen LogP contribution in [0.15, 0.2) is 18.2 Å². The summed E-state index contributed by atoms with van der Waals surface area (Å²) in [6.07, 6.45) is 7.72. The molecule has 1 aromatic carbocycles. The van der Waals surface area contributed by atoms with E-state index in [1.165, 1.54) is 6.42 Å². The number of ether oxygens (including phenoxy) is 1. The van der Waals surface area contributed by atoms with Crippen LogP contribution >= 0.6 is 12.4 Å². The number of amides is 1. The molecule has 1 heterocycles. The average Bonchev–Trinajstić information content (AvgIpc) is 3.17. The number of likely N-dealkylation sites (tertiary alicyclic amines) is 1. The average molecular weight is 395 g/mol. The molecule has 0 aromatic heterocycles. The molecular formula is C22H35ClN2O2. The lowest BCUT2D eigenvalue weighted by Gasteiger charge is -2.39. The van der Waals surface area contributed by atoms with Crippen LogP contribution in [0, 0.1) is 12.8 Å². The second-order valence-electron chi connectivity index (χ2n) is 8.10. The number of aryl methyl sites for hydroxylation is 1. The number of methoxy groups -OCH3 is 1. The molecule has 1 saturated heterocycles. The first-order valence-corrected chi connectivity index (χ1v) is 10.2. The van der Waals surface area contributed by atoms with Crippen LogP contribution in [0.1, 0.15) is 56.1 Å². The van der Waals surface area contributed by atoms with Gasteiger partial charge in [-0.1, -0.05) is 25.0 Å². The third-order valence-electron chi connectivity index (χ3n) is 6.53. The number of benzene rings is 1. The lowest BCUT2D eigenvalue weighted by atomic mass is 9.76. The molecule has 0 unspecified atom stereocenters. The molecule has 1 aliphatic carbocycles. The van der Waals surface area contributed by atoms with Gasteiger partial charge in [0, 0.05) is 13.1 Å². The van der Waals surface area contributed by atoms with Gasteiger partial charge in [0.1, 0.15) is 5.75 Å². The second kappa shape index (κ2) is 9.79. The highest BCUT2D eigenvalue weighted by molar-refractivity contribution is 5.89. The monoisotopic (exact) mass is 394 g/mol. The topological polar surface area (TPSA) is 41.6 Å². The number of nitrogens with one attached hydrogen (secondary N) is 1. The fourth-order valence-corrected chi connectivity index (χ4v) is 4.80. The summed E-state index contributed by atoms with van der Waals surface area (Å²) in [6.45, 7) is 4.96. The Morgan fingerprint density at radius 3 is 2.52 bits per heavy atom. The lowest BCUT2D eigenvalue weighted by molar-refractivity contribution is -0.138.